The van der Waals surface area contributed by atoms with Gasteiger partial charge < -0.3 is 15.6 Å². The van der Waals surface area contributed by atoms with E-state index in [-0.39, 0.29) is 29.5 Å². The molecule has 9 heteroatoms. The number of nitrogens with zero attached hydrogens (tertiary/aromatic N) is 1. The molecule has 3 N–H and O–H groups in total. The Morgan fingerprint density at radius 1 is 1.23 bits per heavy atom. The summed E-state index contributed by atoms with van der Waals surface area (Å²) in [5.74, 6) is -1.56. The first kappa shape index (κ1) is 20.8. The van der Waals surface area contributed by atoms with Gasteiger partial charge in [-0.1, -0.05) is 36.0 Å². The van der Waals surface area contributed by atoms with Crippen LogP contribution in [0.25, 0.3) is 0 Å². The van der Waals surface area contributed by atoms with Crippen molar-refractivity contribution in [3.63, 3.8) is 0 Å². The topological polar surface area (TPSA) is 104 Å². The van der Waals surface area contributed by atoms with Crippen molar-refractivity contribution in [3.05, 3.63) is 81.4 Å². The molecule has 7 nitrogen and oxygen atoms in total. The number of anilines is 2. The van der Waals surface area contributed by atoms with Crippen molar-refractivity contribution in [2.24, 2.45) is 0 Å². The number of hydrogen-bond donors (Lipinski definition) is 3. The van der Waals surface area contributed by atoms with Gasteiger partial charge in [0.2, 0.25) is 11.8 Å². The zero-order valence-corrected chi connectivity index (χ0v) is 17.4. The lowest BCUT2D eigenvalue weighted by molar-refractivity contribution is -0.123. The quantitative estimate of drug-likeness (QED) is 0.417. The largest absolute Gasteiger partial charge is 0.326 e. The third kappa shape index (κ3) is 4.83. The number of carbonyl (C=O) groups excluding carboxylic acids is 2. The van der Waals surface area contributed by atoms with Crippen LogP contribution in [0.3, 0.4) is 0 Å². The van der Waals surface area contributed by atoms with Crippen LogP contribution in [-0.2, 0) is 15.3 Å². The number of H-pyrrole nitrogens is 1. The van der Waals surface area contributed by atoms with Crippen LogP contribution in [0.5, 0.6) is 0 Å². The van der Waals surface area contributed by atoms with Gasteiger partial charge in [-0.15, -0.1) is 0 Å². The zero-order chi connectivity index (χ0) is 22.0. The summed E-state index contributed by atoms with van der Waals surface area (Å²) >= 11 is 1.24. The van der Waals surface area contributed by atoms with Crippen LogP contribution >= 0.6 is 11.8 Å². The maximum absolute atomic E-state index is 13.0. The molecule has 2 aromatic carbocycles. The van der Waals surface area contributed by atoms with Crippen molar-refractivity contribution in [3.8, 4) is 0 Å². The molecular weight excluding hydrogens is 419 g/mol. The maximum atomic E-state index is 13.0. The molecule has 0 fully saturated rings. The van der Waals surface area contributed by atoms with E-state index in [1.54, 1.807) is 24.3 Å². The highest BCUT2D eigenvalue weighted by Crippen LogP contribution is 2.31. The molecule has 0 bridgehead atoms. The van der Waals surface area contributed by atoms with E-state index in [1.165, 1.54) is 23.9 Å². The first-order valence-corrected chi connectivity index (χ1v) is 10.6. The Kier molecular flexibility index (Phi) is 5.85. The van der Waals surface area contributed by atoms with Crippen molar-refractivity contribution in [1.29, 1.82) is 0 Å². The highest BCUT2D eigenvalue weighted by atomic mass is 32.2. The Labute approximate surface area is 181 Å². The summed E-state index contributed by atoms with van der Waals surface area (Å²) in [6.45, 7) is 1.90. The first-order valence-electron chi connectivity index (χ1n) is 9.58. The van der Waals surface area contributed by atoms with E-state index in [4.69, 9.17) is 0 Å². The average Bonchev–Trinajstić information content (AvgIpc) is 2.72. The summed E-state index contributed by atoms with van der Waals surface area (Å²) in [5, 5.41) is 5.66. The van der Waals surface area contributed by atoms with E-state index in [0.717, 1.165) is 11.1 Å². The average molecular weight is 438 g/mol. The minimum Gasteiger partial charge on any atom is -0.326 e. The van der Waals surface area contributed by atoms with Gasteiger partial charge in [0.05, 0.1) is 11.5 Å². The summed E-state index contributed by atoms with van der Waals surface area (Å²) in [6, 6.07) is 13.3. The normalized spacial score (nSPS) is 15.2. The number of rotatable bonds is 5. The van der Waals surface area contributed by atoms with E-state index >= 15 is 0 Å². The minimum atomic E-state index is -0.948. The molecule has 3 aromatic rings. The summed E-state index contributed by atoms with van der Waals surface area (Å²) < 4.78 is 13.0. The molecule has 1 aromatic heterocycles. The number of aryl methyl sites for hydroxylation is 1. The van der Waals surface area contributed by atoms with Gasteiger partial charge in [0.25, 0.3) is 5.56 Å². The number of fused-ring (bicyclic) bond motifs is 1. The number of hydrogen-bond acceptors (Lipinski definition) is 5. The van der Waals surface area contributed by atoms with E-state index < -0.39 is 17.4 Å². The molecule has 1 atom stereocenters. The number of nitrogens with one attached hydrogen (secondary N) is 3. The van der Waals surface area contributed by atoms with Crippen LogP contribution in [0.4, 0.5) is 15.9 Å². The van der Waals surface area contributed by atoms with Crippen molar-refractivity contribution in [1.82, 2.24) is 9.97 Å². The molecular formula is C22H19FN4O3S. The monoisotopic (exact) mass is 438 g/mol. The molecule has 1 aliphatic heterocycles. The van der Waals surface area contributed by atoms with Gasteiger partial charge in [-0.05, 0) is 42.3 Å². The van der Waals surface area contributed by atoms with Crippen LogP contribution in [0.2, 0.25) is 0 Å². The molecule has 4 rings (SSSR count). The van der Waals surface area contributed by atoms with Crippen molar-refractivity contribution in [2.75, 3.05) is 10.6 Å². The van der Waals surface area contributed by atoms with Gasteiger partial charge >= 0.3 is 0 Å². The van der Waals surface area contributed by atoms with Crippen molar-refractivity contribution in [2.45, 2.75) is 30.2 Å². The molecule has 31 heavy (non-hydrogen) atoms. The van der Waals surface area contributed by atoms with Crippen LogP contribution in [-0.4, -0.2) is 21.8 Å². The fraction of sp³-hybridized carbons (Fsp3) is 0.182. The minimum absolute atomic E-state index is 0.0889. The molecule has 0 unspecified atom stereocenters. The molecule has 158 valence electrons. The number of carbonyl (C=O) groups is 2. The van der Waals surface area contributed by atoms with Gasteiger partial charge in [-0.2, -0.15) is 0 Å². The lowest BCUT2D eigenvalue weighted by atomic mass is 9.92. The second-order valence-corrected chi connectivity index (χ2v) is 8.18. The van der Waals surface area contributed by atoms with Gasteiger partial charge in [-0.25, -0.2) is 9.37 Å². The molecule has 0 saturated carbocycles. The van der Waals surface area contributed by atoms with E-state index in [0.29, 0.717) is 16.6 Å². The summed E-state index contributed by atoms with van der Waals surface area (Å²) in [6.07, 6.45) is -0.141. The van der Waals surface area contributed by atoms with Crippen LogP contribution in [0, 0.1) is 12.7 Å². The number of thioether (sulfide) groups is 1. The second-order valence-electron chi connectivity index (χ2n) is 7.21. The molecule has 0 spiro atoms. The Bertz CT molecular complexity index is 1210. The van der Waals surface area contributed by atoms with E-state index in [2.05, 4.69) is 20.6 Å². The van der Waals surface area contributed by atoms with Crippen LogP contribution in [0.1, 0.15) is 29.0 Å². The Hall–Kier alpha value is -3.46. The summed E-state index contributed by atoms with van der Waals surface area (Å²) in [5.41, 5.74) is 2.08. The third-order valence-electron chi connectivity index (χ3n) is 4.82. The van der Waals surface area contributed by atoms with Crippen LogP contribution < -0.4 is 16.2 Å². The Balaban J connectivity index is 1.57. The molecule has 0 radical (unpaired) electrons. The highest BCUT2D eigenvalue weighted by molar-refractivity contribution is 7.98. The number of aromatic amines is 1. The number of aromatic nitrogens is 2. The van der Waals surface area contributed by atoms with E-state index in [1.807, 2.05) is 19.1 Å². The SMILES string of the molecule is Cc1cccc(NC(=O)[C@@H]2CC(=O)Nc3nc(SCc4ccc(F)cc4)[nH]c(=O)c32)c1. The van der Waals surface area contributed by atoms with E-state index in [9.17, 15) is 18.8 Å². The summed E-state index contributed by atoms with van der Waals surface area (Å²) in [4.78, 5) is 44.8. The molecule has 0 saturated heterocycles. The lowest BCUT2D eigenvalue weighted by Gasteiger charge is -2.23. The second kappa shape index (κ2) is 8.73. The predicted molar refractivity (Wildman–Crippen MR) is 117 cm³/mol. The Morgan fingerprint density at radius 2 is 2.00 bits per heavy atom. The predicted octanol–water partition coefficient (Wildman–Crippen LogP) is 3.57. The van der Waals surface area contributed by atoms with Crippen molar-refractivity contribution < 1.29 is 14.0 Å². The van der Waals surface area contributed by atoms with Gasteiger partial charge in [0.15, 0.2) is 5.16 Å². The molecule has 2 heterocycles. The fourth-order valence-corrected chi connectivity index (χ4v) is 4.14. The van der Waals surface area contributed by atoms with Gasteiger partial charge in [-0.3, -0.25) is 14.4 Å². The molecule has 0 aliphatic carbocycles. The molecule has 2 amide bonds. The van der Waals surface area contributed by atoms with Crippen LogP contribution in [0.15, 0.2) is 58.5 Å². The smallest absolute Gasteiger partial charge is 0.257 e. The van der Waals surface area contributed by atoms with Crippen molar-refractivity contribution >= 4 is 35.1 Å². The fourth-order valence-electron chi connectivity index (χ4n) is 3.33. The van der Waals surface area contributed by atoms with Gasteiger partial charge in [0, 0.05) is 17.9 Å². The number of amides is 2. The highest BCUT2D eigenvalue weighted by Gasteiger charge is 2.34. The Morgan fingerprint density at radius 3 is 2.74 bits per heavy atom. The zero-order valence-electron chi connectivity index (χ0n) is 16.6. The maximum Gasteiger partial charge on any atom is 0.257 e. The standard InChI is InChI=1S/C22H19FN4O3S/c1-12-3-2-4-15(9-12)24-20(29)16-10-17(28)25-19-18(16)21(30)27-22(26-19)31-11-13-5-7-14(23)8-6-13/h2-9,16H,10-11H2,1H3,(H,24,29)(H2,25,26,27,28,30)/t16-/m1/s1. The van der Waals surface area contributed by atoms with Gasteiger partial charge in [0.1, 0.15) is 11.6 Å². The molecule has 1 aliphatic rings. The lowest BCUT2D eigenvalue weighted by Crippen LogP contribution is -2.36. The third-order valence-corrected chi connectivity index (χ3v) is 5.76. The first-order chi connectivity index (χ1) is 14.9. The summed E-state index contributed by atoms with van der Waals surface area (Å²) in [7, 11) is 0. The number of benzene rings is 2. The number of halogens is 1.